The SMILES string of the molecule is Cc1[nH]nc2nc(-c3cc(F)cc(F)c3)c3c(=O)n(C)ccc3c12. The van der Waals surface area contributed by atoms with E-state index in [9.17, 15) is 13.6 Å². The van der Waals surface area contributed by atoms with E-state index in [0.29, 0.717) is 16.4 Å². The zero-order valence-corrected chi connectivity index (χ0v) is 12.9. The highest BCUT2D eigenvalue weighted by Crippen LogP contribution is 2.31. The molecule has 0 aliphatic rings. The molecule has 3 heterocycles. The number of pyridine rings is 2. The van der Waals surface area contributed by atoms with Crippen molar-refractivity contribution in [3.05, 3.63) is 58.1 Å². The van der Waals surface area contributed by atoms with Gasteiger partial charge in [-0.1, -0.05) is 0 Å². The molecule has 1 N–H and O–H groups in total. The molecule has 0 fully saturated rings. The third-order valence-corrected chi connectivity index (χ3v) is 4.06. The average Bonchev–Trinajstić information content (AvgIpc) is 2.90. The number of nitrogens with one attached hydrogen (secondary N) is 1. The summed E-state index contributed by atoms with van der Waals surface area (Å²) in [5.41, 5.74) is 1.29. The fraction of sp³-hybridized carbons (Fsp3) is 0.118. The van der Waals surface area contributed by atoms with Crippen molar-refractivity contribution in [2.75, 3.05) is 0 Å². The van der Waals surface area contributed by atoms with E-state index in [4.69, 9.17) is 0 Å². The number of nitrogens with zero attached hydrogens (tertiary/aromatic N) is 3. The molecule has 1 aromatic carbocycles. The fourth-order valence-electron chi connectivity index (χ4n) is 2.95. The number of H-pyrrole nitrogens is 1. The zero-order valence-electron chi connectivity index (χ0n) is 12.9. The zero-order chi connectivity index (χ0) is 17.0. The van der Waals surface area contributed by atoms with Crippen molar-refractivity contribution in [3.63, 3.8) is 0 Å². The second-order valence-electron chi connectivity index (χ2n) is 5.69. The Hall–Kier alpha value is -3.09. The molecular formula is C17H12F2N4O. The molecule has 0 amide bonds. The monoisotopic (exact) mass is 326 g/mol. The Morgan fingerprint density at radius 3 is 2.54 bits per heavy atom. The highest BCUT2D eigenvalue weighted by atomic mass is 19.1. The third-order valence-electron chi connectivity index (χ3n) is 4.06. The van der Waals surface area contributed by atoms with E-state index < -0.39 is 11.6 Å². The normalized spacial score (nSPS) is 11.5. The molecule has 0 saturated carbocycles. The van der Waals surface area contributed by atoms with Crippen molar-refractivity contribution in [1.82, 2.24) is 19.7 Å². The molecule has 24 heavy (non-hydrogen) atoms. The Morgan fingerprint density at radius 2 is 1.83 bits per heavy atom. The molecule has 7 heteroatoms. The van der Waals surface area contributed by atoms with Crippen molar-refractivity contribution in [2.24, 2.45) is 7.05 Å². The number of rotatable bonds is 1. The molecule has 0 unspecified atom stereocenters. The number of hydrogen-bond donors (Lipinski definition) is 1. The van der Waals surface area contributed by atoms with Crippen molar-refractivity contribution in [2.45, 2.75) is 6.92 Å². The number of aromatic nitrogens is 4. The average molecular weight is 326 g/mol. The Balaban J connectivity index is 2.25. The number of halogens is 2. The molecule has 4 aromatic rings. The summed E-state index contributed by atoms with van der Waals surface area (Å²) >= 11 is 0. The molecule has 0 atom stereocenters. The van der Waals surface area contributed by atoms with Gasteiger partial charge in [0.25, 0.3) is 5.56 Å². The van der Waals surface area contributed by atoms with Crippen LogP contribution in [0.5, 0.6) is 0 Å². The van der Waals surface area contributed by atoms with Crippen molar-refractivity contribution in [3.8, 4) is 11.3 Å². The number of aromatic amines is 1. The summed E-state index contributed by atoms with van der Waals surface area (Å²) in [5.74, 6) is -1.46. The van der Waals surface area contributed by atoms with Crippen LogP contribution in [0.25, 0.3) is 33.1 Å². The largest absolute Gasteiger partial charge is 0.318 e. The topological polar surface area (TPSA) is 63.6 Å². The first-order valence-corrected chi connectivity index (χ1v) is 7.26. The molecule has 0 radical (unpaired) electrons. The molecule has 120 valence electrons. The van der Waals surface area contributed by atoms with Crippen LogP contribution in [0.3, 0.4) is 0 Å². The predicted octanol–water partition coefficient (Wildman–Crippen LogP) is 3.06. The van der Waals surface area contributed by atoms with Gasteiger partial charge in [-0.2, -0.15) is 5.10 Å². The van der Waals surface area contributed by atoms with E-state index in [2.05, 4.69) is 15.2 Å². The van der Waals surface area contributed by atoms with Crippen LogP contribution in [0.4, 0.5) is 8.78 Å². The third kappa shape index (κ3) is 2.01. The van der Waals surface area contributed by atoms with Crippen molar-refractivity contribution < 1.29 is 8.78 Å². The Bertz CT molecular complexity index is 1160. The summed E-state index contributed by atoms with van der Waals surface area (Å²) in [5, 5.41) is 8.63. The summed E-state index contributed by atoms with van der Waals surface area (Å²) in [6.45, 7) is 1.83. The molecule has 3 aromatic heterocycles. The second-order valence-corrected chi connectivity index (χ2v) is 5.69. The lowest BCUT2D eigenvalue weighted by molar-refractivity contribution is 0.584. The Morgan fingerprint density at radius 1 is 1.12 bits per heavy atom. The van der Waals surface area contributed by atoms with Gasteiger partial charge < -0.3 is 4.57 Å². The van der Waals surface area contributed by atoms with Crippen molar-refractivity contribution >= 4 is 21.8 Å². The smallest absolute Gasteiger partial charge is 0.260 e. The van der Waals surface area contributed by atoms with E-state index in [1.807, 2.05) is 6.92 Å². The maximum atomic E-state index is 13.6. The molecule has 4 rings (SSSR count). The van der Waals surface area contributed by atoms with Gasteiger partial charge in [0.05, 0.1) is 11.1 Å². The molecule has 0 spiro atoms. The first-order chi connectivity index (χ1) is 11.5. The molecule has 0 aliphatic heterocycles. The maximum absolute atomic E-state index is 13.6. The molecular weight excluding hydrogens is 314 g/mol. The van der Waals surface area contributed by atoms with Crippen LogP contribution < -0.4 is 5.56 Å². The van der Waals surface area contributed by atoms with E-state index in [-0.39, 0.29) is 16.8 Å². The standard InChI is InChI=1S/C17H12F2N4O/c1-8-13-12-3-4-23(2)17(24)14(12)15(20-16(13)22-21-8)9-5-10(18)7-11(19)6-9/h3-7H,1-2H3,(H,20,21,22). The maximum Gasteiger partial charge on any atom is 0.260 e. The minimum absolute atomic E-state index is 0.198. The minimum Gasteiger partial charge on any atom is -0.318 e. The minimum atomic E-state index is -0.731. The van der Waals surface area contributed by atoms with Gasteiger partial charge in [0.2, 0.25) is 0 Å². The van der Waals surface area contributed by atoms with Gasteiger partial charge in [0, 0.05) is 41.3 Å². The van der Waals surface area contributed by atoms with Crippen LogP contribution in [0.15, 0.2) is 35.3 Å². The highest BCUT2D eigenvalue weighted by molar-refractivity contribution is 6.10. The first-order valence-electron chi connectivity index (χ1n) is 7.26. The van der Waals surface area contributed by atoms with E-state index >= 15 is 0 Å². The lowest BCUT2D eigenvalue weighted by Gasteiger charge is -2.09. The molecule has 5 nitrogen and oxygen atoms in total. The predicted molar refractivity (Wildman–Crippen MR) is 86.7 cm³/mol. The Kier molecular flexibility index (Phi) is 2.99. The van der Waals surface area contributed by atoms with Crippen LogP contribution in [-0.4, -0.2) is 19.7 Å². The lowest BCUT2D eigenvalue weighted by atomic mass is 10.0. The number of aryl methyl sites for hydroxylation is 2. The summed E-state index contributed by atoms with van der Waals surface area (Å²) in [7, 11) is 1.62. The van der Waals surface area contributed by atoms with E-state index in [0.717, 1.165) is 29.3 Å². The number of hydrogen-bond acceptors (Lipinski definition) is 3. The van der Waals surface area contributed by atoms with Crippen molar-refractivity contribution in [1.29, 1.82) is 0 Å². The van der Waals surface area contributed by atoms with Crippen LogP contribution in [-0.2, 0) is 7.05 Å². The van der Waals surface area contributed by atoms with Gasteiger partial charge in [-0.3, -0.25) is 9.89 Å². The van der Waals surface area contributed by atoms with Gasteiger partial charge in [-0.05, 0) is 25.1 Å². The number of fused-ring (bicyclic) bond motifs is 3. The van der Waals surface area contributed by atoms with E-state index in [1.54, 1.807) is 19.3 Å². The molecule has 0 saturated heterocycles. The first kappa shape index (κ1) is 14.5. The quantitative estimate of drug-likeness (QED) is 0.585. The van der Waals surface area contributed by atoms with Gasteiger partial charge in [0.15, 0.2) is 5.65 Å². The molecule has 0 aliphatic carbocycles. The van der Waals surface area contributed by atoms with Gasteiger partial charge in [-0.25, -0.2) is 13.8 Å². The molecule has 0 bridgehead atoms. The second kappa shape index (κ2) is 4.95. The van der Waals surface area contributed by atoms with E-state index in [1.165, 1.54) is 4.57 Å². The lowest BCUT2D eigenvalue weighted by Crippen LogP contribution is -2.17. The van der Waals surface area contributed by atoms with Crippen LogP contribution in [0.2, 0.25) is 0 Å². The van der Waals surface area contributed by atoms with Gasteiger partial charge in [0.1, 0.15) is 11.6 Å². The van der Waals surface area contributed by atoms with Crippen LogP contribution in [0.1, 0.15) is 5.69 Å². The summed E-state index contributed by atoms with van der Waals surface area (Å²) in [6, 6.07) is 4.87. The van der Waals surface area contributed by atoms with Crippen LogP contribution >= 0.6 is 0 Å². The Labute approximate surface area is 134 Å². The van der Waals surface area contributed by atoms with Gasteiger partial charge in [-0.15, -0.1) is 0 Å². The fourth-order valence-corrected chi connectivity index (χ4v) is 2.95. The number of benzene rings is 1. The summed E-state index contributed by atoms with van der Waals surface area (Å²) in [6.07, 6.45) is 1.65. The van der Waals surface area contributed by atoms with Gasteiger partial charge >= 0.3 is 0 Å². The van der Waals surface area contributed by atoms with Crippen LogP contribution in [0, 0.1) is 18.6 Å². The summed E-state index contributed by atoms with van der Waals surface area (Å²) < 4.78 is 28.7. The highest BCUT2D eigenvalue weighted by Gasteiger charge is 2.18. The summed E-state index contributed by atoms with van der Waals surface area (Å²) in [4.78, 5) is 17.1.